The number of carbonyl (C=O) groups excluding carboxylic acids is 2. The number of halogens is 1. The van der Waals surface area contributed by atoms with Gasteiger partial charge in [-0.15, -0.1) is 0 Å². The summed E-state index contributed by atoms with van der Waals surface area (Å²) in [5, 5.41) is 0.612. The Morgan fingerprint density at radius 1 is 1.09 bits per heavy atom. The summed E-state index contributed by atoms with van der Waals surface area (Å²) in [5.74, 6) is 0.989. The molecule has 0 spiro atoms. The van der Waals surface area contributed by atoms with Crippen LogP contribution in [0.3, 0.4) is 0 Å². The highest BCUT2D eigenvalue weighted by Crippen LogP contribution is 2.24. The first kappa shape index (κ1) is 24.1. The van der Waals surface area contributed by atoms with Crippen LogP contribution >= 0.6 is 11.6 Å². The van der Waals surface area contributed by atoms with Crippen LogP contribution in [0, 0.1) is 5.92 Å². The maximum atomic E-state index is 13.4. The number of hydrogen-bond acceptors (Lipinski definition) is 3. The minimum absolute atomic E-state index is 0.0340. The van der Waals surface area contributed by atoms with Crippen LogP contribution in [-0.2, 0) is 11.2 Å². The molecule has 2 aromatic rings. The van der Waals surface area contributed by atoms with E-state index < -0.39 is 0 Å². The average Bonchev–Trinajstić information content (AvgIpc) is 2.77. The minimum atomic E-state index is -0.0784. The summed E-state index contributed by atoms with van der Waals surface area (Å²) in [6.07, 6.45) is 2.74. The zero-order valence-corrected chi connectivity index (χ0v) is 20.0. The lowest BCUT2D eigenvalue weighted by molar-refractivity contribution is -0.134. The molecule has 1 atom stereocenters. The van der Waals surface area contributed by atoms with Crippen LogP contribution in [0.4, 0.5) is 0 Å². The van der Waals surface area contributed by atoms with Gasteiger partial charge in [0.05, 0.1) is 18.0 Å². The van der Waals surface area contributed by atoms with Gasteiger partial charge in [0.2, 0.25) is 5.91 Å². The SMILES string of the molecule is CC(C)C[C@H]1COc2ccccc2C(=O)N(C)CCCCN1C(=O)Cc1ccccc1Cl. The Labute approximate surface area is 196 Å². The number of ether oxygens (including phenoxy) is 1. The van der Waals surface area contributed by atoms with E-state index in [-0.39, 0.29) is 24.3 Å². The van der Waals surface area contributed by atoms with Gasteiger partial charge in [0.15, 0.2) is 0 Å². The van der Waals surface area contributed by atoms with Gasteiger partial charge in [-0.05, 0) is 48.9 Å². The third-order valence-electron chi connectivity index (χ3n) is 5.84. The molecule has 0 aliphatic carbocycles. The summed E-state index contributed by atoms with van der Waals surface area (Å²) in [4.78, 5) is 30.0. The maximum absolute atomic E-state index is 13.4. The van der Waals surface area contributed by atoms with E-state index >= 15 is 0 Å². The highest BCUT2D eigenvalue weighted by molar-refractivity contribution is 6.31. The van der Waals surface area contributed by atoms with Crippen molar-refractivity contribution in [3.63, 3.8) is 0 Å². The van der Waals surface area contributed by atoms with E-state index in [1.807, 2.05) is 54.4 Å². The summed E-state index contributed by atoms with van der Waals surface area (Å²) < 4.78 is 6.18. The maximum Gasteiger partial charge on any atom is 0.257 e. The number of nitrogens with zero attached hydrogens (tertiary/aromatic N) is 2. The Hall–Kier alpha value is -2.53. The Bertz CT molecular complexity index is 931. The van der Waals surface area contributed by atoms with E-state index in [1.54, 1.807) is 11.0 Å². The zero-order valence-electron chi connectivity index (χ0n) is 19.2. The Morgan fingerprint density at radius 3 is 2.53 bits per heavy atom. The van der Waals surface area contributed by atoms with Gasteiger partial charge in [-0.2, -0.15) is 0 Å². The Morgan fingerprint density at radius 2 is 1.78 bits per heavy atom. The number of carbonyl (C=O) groups is 2. The lowest BCUT2D eigenvalue weighted by Crippen LogP contribution is -2.46. The largest absolute Gasteiger partial charge is 0.491 e. The highest BCUT2D eigenvalue weighted by Gasteiger charge is 2.27. The predicted octanol–water partition coefficient (Wildman–Crippen LogP) is 5.07. The van der Waals surface area contributed by atoms with Gasteiger partial charge in [0.1, 0.15) is 12.4 Å². The van der Waals surface area contributed by atoms with Gasteiger partial charge in [-0.1, -0.05) is 55.8 Å². The van der Waals surface area contributed by atoms with E-state index in [9.17, 15) is 9.59 Å². The van der Waals surface area contributed by atoms with Crippen LogP contribution in [0.2, 0.25) is 5.02 Å². The molecule has 1 aliphatic rings. The molecule has 2 amide bonds. The van der Waals surface area contributed by atoms with Crippen molar-refractivity contribution in [2.75, 3.05) is 26.7 Å². The lowest BCUT2D eigenvalue weighted by Gasteiger charge is -2.34. The van der Waals surface area contributed by atoms with E-state index in [2.05, 4.69) is 13.8 Å². The molecule has 0 aromatic heterocycles. The summed E-state index contributed by atoms with van der Waals surface area (Å²) in [6.45, 7) is 5.92. The zero-order chi connectivity index (χ0) is 23.1. The lowest BCUT2D eigenvalue weighted by atomic mass is 10.0. The molecular formula is C26H33ClN2O3. The molecule has 0 saturated carbocycles. The summed E-state index contributed by atoms with van der Waals surface area (Å²) >= 11 is 6.33. The first-order valence-corrected chi connectivity index (χ1v) is 11.7. The second kappa shape index (κ2) is 11.4. The third-order valence-corrected chi connectivity index (χ3v) is 6.21. The summed E-state index contributed by atoms with van der Waals surface area (Å²) in [6, 6.07) is 14.8. The van der Waals surface area contributed by atoms with Gasteiger partial charge in [0, 0.05) is 25.2 Å². The number of benzene rings is 2. The van der Waals surface area contributed by atoms with Crippen molar-refractivity contribution in [3.05, 3.63) is 64.7 Å². The van der Waals surface area contributed by atoms with E-state index in [4.69, 9.17) is 16.3 Å². The average molecular weight is 457 g/mol. The van der Waals surface area contributed by atoms with Crippen LogP contribution < -0.4 is 4.74 Å². The van der Waals surface area contributed by atoms with Crippen LogP contribution in [-0.4, -0.2) is 54.4 Å². The molecule has 0 bridgehead atoms. The molecule has 0 radical (unpaired) electrons. The molecule has 0 saturated heterocycles. The quantitative estimate of drug-likeness (QED) is 0.645. The van der Waals surface area contributed by atoms with E-state index in [1.165, 1.54) is 0 Å². The van der Waals surface area contributed by atoms with Gasteiger partial charge in [-0.3, -0.25) is 9.59 Å². The van der Waals surface area contributed by atoms with Crippen molar-refractivity contribution >= 4 is 23.4 Å². The third kappa shape index (κ3) is 6.26. The molecule has 2 aromatic carbocycles. The van der Waals surface area contributed by atoms with Crippen LogP contribution in [0.5, 0.6) is 5.75 Å². The van der Waals surface area contributed by atoms with Crippen molar-refractivity contribution < 1.29 is 14.3 Å². The van der Waals surface area contributed by atoms with Gasteiger partial charge < -0.3 is 14.5 Å². The molecule has 0 N–H and O–H groups in total. The fraction of sp³-hybridized carbons (Fsp3) is 0.462. The summed E-state index contributed by atoms with van der Waals surface area (Å²) in [7, 11) is 1.81. The molecular weight excluding hydrogens is 424 g/mol. The molecule has 172 valence electrons. The van der Waals surface area contributed by atoms with Crippen molar-refractivity contribution in [2.45, 2.75) is 45.6 Å². The van der Waals surface area contributed by atoms with Crippen LogP contribution in [0.1, 0.15) is 49.0 Å². The Balaban J connectivity index is 1.88. The number of amides is 2. The molecule has 1 heterocycles. The van der Waals surface area contributed by atoms with E-state index in [0.717, 1.165) is 24.8 Å². The van der Waals surface area contributed by atoms with Gasteiger partial charge in [-0.25, -0.2) is 0 Å². The van der Waals surface area contributed by atoms with Gasteiger partial charge in [0.25, 0.3) is 5.91 Å². The fourth-order valence-corrected chi connectivity index (χ4v) is 4.34. The molecule has 3 rings (SSSR count). The smallest absolute Gasteiger partial charge is 0.257 e. The molecule has 1 aliphatic heterocycles. The standard InChI is InChI=1S/C26H33ClN2O3/c1-19(2)16-21-18-32-24-13-7-5-11-22(24)26(31)28(3)14-8-9-15-29(21)25(30)17-20-10-4-6-12-23(20)27/h4-7,10-13,19,21H,8-9,14-18H2,1-3H3/t21-/m0/s1. The van der Waals surface area contributed by atoms with Crippen molar-refractivity contribution in [1.29, 1.82) is 0 Å². The molecule has 0 fully saturated rings. The number of para-hydroxylation sites is 1. The number of rotatable bonds is 4. The van der Waals surface area contributed by atoms with Crippen LogP contribution in [0.25, 0.3) is 0 Å². The first-order chi connectivity index (χ1) is 15.4. The van der Waals surface area contributed by atoms with Crippen molar-refractivity contribution in [1.82, 2.24) is 9.80 Å². The van der Waals surface area contributed by atoms with E-state index in [0.29, 0.717) is 41.9 Å². The van der Waals surface area contributed by atoms with Crippen molar-refractivity contribution in [3.8, 4) is 5.75 Å². The number of fused-ring (bicyclic) bond motifs is 1. The first-order valence-electron chi connectivity index (χ1n) is 11.4. The van der Waals surface area contributed by atoms with Crippen LogP contribution in [0.15, 0.2) is 48.5 Å². The molecule has 6 heteroatoms. The predicted molar refractivity (Wildman–Crippen MR) is 128 cm³/mol. The Kier molecular flexibility index (Phi) is 8.57. The monoisotopic (exact) mass is 456 g/mol. The van der Waals surface area contributed by atoms with Gasteiger partial charge >= 0.3 is 0 Å². The van der Waals surface area contributed by atoms with Crippen molar-refractivity contribution in [2.24, 2.45) is 5.92 Å². The fourth-order valence-electron chi connectivity index (χ4n) is 4.14. The second-order valence-corrected chi connectivity index (χ2v) is 9.29. The highest BCUT2D eigenvalue weighted by atomic mass is 35.5. The molecule has 5 nitrogen and oxygen atoms in total. The minimum Gasteiger partial charge on any atom is -0.491 e. The topological polar surface area (TPSA) is 49.9 Å². The molecule has 0 unspecified atom stereocenters. The molecule has 32 heavy (non-hydrogen) atoms. The summed E-state index contributed by atoms with van der Waals surface area (Å²) in [5.41, 5.74) is 1.40. The normalized spacial score (nSPS) is 17.9. The number of hydrogen-bond donors (Lipinski definition) is 0. The second-order valence-electron chi connectivity index (χ2n) is 8.88.